The molecule has 0 aliphatic rings. The van der Waals surface area contributed by atoms with E-state index in [1.807, 2.05) is 66.9 Å². The fraction of sp³-hybridized carbons (Fsp3) is 0.294. The van der Waals surface area contributed by atoms with Crippen LogP contribution in [0.3, 0.4) is 0 Å². The van der Waals surface area contributed by atoms with Crippen LogP contribution in [0.4, 0.5) is 0 Å². The van der Waals surface area contributed by atoms with Gasteiger partial charge in [0.05, 0.1) is 6.04 Å². The van der Waals surface area contributed by atoms with Crippen molar-refractivity contribution in [2.24, 2.45) is 0 Å². The summed E-state index contributed by atoms with van der Waals surface area (Å²) in [5.74, 6) is 0.447. The summed E-state index contributed by atoms with van der Waals surface area (Å²) >= 11 is 1.69. The highest BCUT2D eigenvalue weighted by molar-refractivity contribution is 7.98. The van der Waals surface area contributed by atoms with Gasteiger partial charge in [-0.3, -0.25) is 5.32 Å². The first-order valence-corrected chi connectivity index (χ1v) is 9.90. The molecule has 2 atom stereocenters. The smallest absolute Gasteiger partial charge is 0.260 e. The highest BCUT2D eigenvalue weighted by Crippen LogP contribution is 2.30. The number of rotatable bonds is 8. The van der Waals surface area contributed by atoms with E-state index in [2.05, 4.69) is 5.32 Å². The van der Waals surface area contributed by atoms with Crippen molar-refractivity contribution in [2.75, 3.05) is 12.0 Å². The largest absolute Gasteiger partial charge is 0.524 e. The van der Waals surface area contributed by atoms with E-state index in [1.54, 1.807) is 11.8 Å². The van der Waals surface area contributed by atoms with Gasteiger partial charge < -0.3 is 0 Å². The van der Waals surface area contributed by atoms with Crippen LogP contribution in [0.2, 0.25) is 0 Å². The van der Waals surface area contributed by atoms with Crippen molar-refractivity contribution in [2.45, 2.75) is 18.2 Å². The van der Waals surface area contributed by atoms with Gasteiger partial charge in [0.2, 0.25) is 5.78 Å². The Morgan fingerprint density at radius 2 is 1.55 bits per heavy atom. The third-order valence-electron chi connectivity index (χ3n) is 3.49. The average molecular weight is 334 g/mol. The fourth-order valence-electron chi connectivity index (χ4n) is 2.36. The number of hydrogen-bond acceptors (Lipinski definition) is 3. The Morgan fingerprint density at radius 3 is 1.95 bits per heavy atom. The lowest BCUT2D eigenvalue weighted by Crippen LogP contribution is -2.31. The monoisotopic (exact) mass is 334 g/mol. The van der Waals surface area contributed by atoms with Crippen LogP contribution in [-0.4, -0.2) is 22.7 Å². The minimum Gasteiger partial charge on any atom is -0.260 e. The molecule has 0 aromatic heterocycles. The summed E-state index contributed by atoms with van der Waals surface area (Å²) in [5, 5.41) is 3.37. The zero-order chi connectivity index (χ0) is 15.8. The van der Waals surface area contributed by atoms with Crippen LogP contribution in [0.5, 0.6) is 0 Å². The molecule has 5 heteroatoms. The van der Waals surface area contributed by atoms with Gasteiger partial charge in [-0.2, -0.15) is 16.7 Å². The molecule has 0 fully saturated rings. The average Bonchev–Trinajstić information content (AvgIpc) is 2.56. The Balaban J connectivity index is 2.26. The summed E-state index contributed by atoms with van der Waals surface area (Å²) in [6, 6.07) is 20.0. The Bertz CT molecular complexity index is 540. The number of nitrogens with one attached hydrogen (secondary N) is 1. The van der Waals surface area contributed by atoms with Crippen molar-refractivity contribution in [3.8, 4) is 0 Å². The molecule has 116 valence electrons. The van der Waals surface area contributed by atoms with Crippen molar-refractivity contribution < 1.29 is 9.46 Å². The fourth-order valence-corrected chi connectivity index (χ4v) is 3.63. The molecule has 2 rings (SSSR count). The van der Waals surface area contributed by atoms with E-state index in [0.29, 0.717) is 6.42 Å². The van der Waals surface area contributed by atoms with Gasteiger partial charge >= 0.3 is 8.03 Å². The van der Waals surface area contributed by atoms with E-state index in [0.717, 1.165) is 16.9 Å². The molecule has 3 nitrogen and oxygen atoms in total. The van der Waals surface area contributed by atoms with Crippen molar-refractivity contribution in [1.82, 2.24) is 5.32 Å². The van der Waals surface area contributed by atoms with Gasteiger partial charge in [0.25, 0.3) is 0 Å². The molecule has 0 aliphatic heterocycles. The van der Waals surface area contributed by atoms with Crippen LogP contribution in [0.1, 0.15) is 23.6 Å². The van der Waals surface area contributed by atoms with Crippen molar-refractivity contribution in [3.63, 3.8) is 0 Å². The van der Waals surface area contributed by atoms with Gasteiger partial charge in [-0.1, -0.05) is 60.7 Å². The molecular weight excluding hydrogens is 313 g/mol. The van der Waals surface area contributed by atoms with E-state index in [-0.39, 0.29) is 6.04 Å². The molecule has 2 aromatic rings. The zero-order valence-corrected chi connectivity index (χ0v) is 14.3. The lowest BCUT2D eigenvalue weighted by Gasteiger charge is -2.21. The molecule has 0 bridgehead atoms. The summed E-state index contributed by atoms with van der Waals surface area (Å²) in [4.78, 5) is 9.62. The maximum Gasteiger partial charge on any atom is 0.524 e. The summed E-state index contributed by atoms with van der Waals surface area (Å²) < 4.78 is 11.7. The van der Waals surface area contributed by atoms with Crippen LogP contribution in [0.15, 0.2) is 60.7 Å². The van der Waals surface area contributed by atoms with Crippen molar-refractivity contribution >= 4 is 19.8 Å². The SMILES string of the molecule is CSCC[C@H](NC(c1ccccc1)c1ccccc1)[P+](=O)O. The van der Waals surface area contributed by atoms with Crippen LogP contribution in [0, 0.1) is 0 Å². The first kappa shape index (κ1) is 17.2. The van der Waals surface area contributed by atoms with E-state index in [9.17, 15) is 9.46 Å². The quantitative estimate of drug-likeness (QED) is 0.711. The Hall–Kier alpha value is -1.19. The second kappa shape index (κ2) is 9.06. The number of thioether (sulfide) groups is 1. The standard InChI is InChI=1S/C17H20NO2PS/c1-22-13-12-16(21(19)20)18-17(14-8-4-2-5-9-14)15-10-6-3-7-11-15/h2-11,16-18H,12-13H2,1H3/p+1/t16-/m1/s1. The summed E-state index contributed by atoms with van der Waals surface area (Å²) in [7, 11) is -2.26. The molecule has 0 radical (unpaired) electrons. The maximum absolute atomic E-state index is 11.7. The molecule has 0 saturated carbocycles. The lowest BCUT2D eigenvalue weighted by molar-refractivity contribution is 0.455. The summed E-state index contributed by atoms with van der Waals surface area (Å²) in [5.41, 5.74) is 2.19. The van der Waals surface area contributed by atoms with E-state index >= 15 is 0 Å². The third kappa shape index (κ3) is 4.92. The second-order valence-electron chi connectivity index (χ2n) is 5.02. The Labute approximate surface area is 137 Å². The van der Waals surface area contributed by atoms with Crippen LogP contribution < -0.4 is 5.32 Å². The van der Waals surface area contributed by atoms with Gasteiger partial charge in [-0.25, -0.2) is 0 Å². The van der Waals surface area contributed by atoms with Crippen molar-refractivity contribution in [1.29, 1.82) is 0 Å². The Kier molecular flexibility index (Phi) is 7.07. The minimum absolute atomic E-state index is 0.0830. The predicted molar refractivity (Wildman–Crippen MR) is 94.5 cm³/mol. The molecular formula is C17H21NO2PS+. The van der Waals surface area contributed by atoms with Crippen LogP contribution >= 0.6 is 19.8 Å². The van der Waals surface area contributed by atoms with Crippen LogP contribution in [-0.2, 0) is 4.57 Å². The highest BCUT2D eigenvalue weighted by atomic mass is 32.2. The molecule has 0 saturated heterocycles. The molecule has 0 amide bonds. The molecule has 0 aliphatic carbocycles. The molecule has 1 unspecified atom stereocenters. The summed E-state index contributed by atoms with van der Waals surface area (Å²) in [6.07, 6.45) is 2.68. The molecule has 0 heterocycles. The first-order valence-electron chi connectivity index (χ1n) is 7.22. The van der Waals surface area contributed by atoms with E-state index in [4.69, 9.17) is 0 Å². The Morgan fingerprint density at radius 1 is 1.05 bits per heavy atom. The zero-order valence-electron chi connectivity index (χ0n) is 12.6. The molecule has 22 heavy (non-hydrogen) atoms. The molecule has 0 spiro atoms. The minimum atomic E-state index is -2.26. The highest BCUT2D eigenvalue weighted by Gasteiger charge is 2.31. The van der Waals surface area contributed by atoms with Gasteiger partial charge in [0.15, 0.2) is 0 Å². The normalized spacial score (nSPS) is 13.1. The van der Waals surface area contributed by atoms with Gasteiger partial charge in [0, 0.05) is 6.42 Å². The van der Waals surface area contributed by atoms with E-state index in [1.165, 1.54) is 0 Å². The predicted octanol–water partition coefficient (Wildman–Crippen LogP) is 4.18. The van der Waals surface area contributed by atoms with Gasteiger partial charge in [-0.15, -0.1) is 0 Å². The third-order valence-corrected chi connectivity index (χ3v) is 5.07. The van der Waals surface area contributed by atoms with Crippen LogP contribution in [0.25, 0.3) is 0 Å². The molecule has 2 aromatic carbocycles. The second-order valence-corrected chi connectivity index (χ2v) is 7.23. The lowest BCUT2D eigenvalue weighted by atomic mass is 9.98. The van der Waals surface area contributed by atoms with Gasteiger partial charge in [-0.05, 0) is 27.7 Å². The topological polar surface area (TPSA) is 49.3 Å². The number of benzene rings is 2. The number of hydrogen-bond donors (Lipinski definition) is 2. The molecule has 2 N–H and O–H groups in total. The van der Waals surface area contributed by atoms with Crippen molar-refractivity contribution in [3.05, 3.63) is 71.8 Å². The maximum atomic E-state index is 11.7. The summed E-state index contributed by atoms with van der Waals surface area (Å²) in [6.45, 7) is 0. The first-order chi connectivity index (χ1) is 10.7. The van der Waals surface area contributed by atoms with E-state index < -0.39 is 13.8 Å². The van der Waals surface area contributed by atoms with Gasteiger partial charge in [0.1, 0.15) is 0 Å².